The molecular formula is C27H19F2N3OS. The number of carbonyl (C=O) groups excluding carboxylic acids is 1. The molecule has 0 fully saturated rings. The summed E-state index contributed by atoms with van der Waals surface area (Å²) in [4.78, 5) is 24.3. The fourth-order valence-corrected chi connectivity index (χ4v) is 4.91. The second kappa shape index (κ2) is 9.49. The molecule has 5 aromatic rings. The van der Waals surface area contributed by atoms with Crippen LogP contribution in [-0.4, -0.2) is 15.9 Å². The Hall–Kier alpha value is -3.97. The van der Waals surface area contributed by atoms with Crippen molar-refractivity contribution in [1.82, 2.24) is 9.97 Å². The lowest BCUT2D eigenvalue weighted by molar-refractivity contribution is -0.119. The highest BCUT2D eigenvalue weighted by Crippen LogP contribution is 2.35. The third-order valence-electron chi connectivity index (χ3n) is 5.48. The van der Waals surface area contributed by atoms with Crippen molar-refractivity contribution in [2.24, 2.45) is 0 Å². The van der Waals surface area contributed by atoms with E-state index in [1.54, 1.807) is 18.5 Å². The number of pyridine rings is 1. The number of rotatable bonds is 6. The van der Waals surface area contributed by atoms with Crippen molar-refractivity contribution in [3.8, 4) is 0 Å². The van der Waals surface area contributed by atoms with E-state index in [2.05, 4.69) is 9.97 Å². The third-order valence-corrected chi connectivity index (χ3v) is 6.50. The molecule has 0 aliphatic rings. The Kier molecular flexibility index (Phi) is 6.10. The fraction of sp³-hybridized carbons (Fsp3) is 0.0741. The molecule has 0 atom stereocenters. The molecule has 168 valence electrons. The zero-order chi connectivity index (χ0) is 23.5. The monoisotopic (exact) mass is 471 g/mol. The first-order valence-corrected chi connectivity index (χ1v) is 11.5. The molecule has 5 rings (SSSR count). The minimum atomic E-state index is -0.756. The molecule has 0 spiro atoms. The van der Waals surface area contributed by atoms with E-state index < -0.39 is 17.6 Å². The van der Waals surface area contributed by atoms with Crippen molar-refractivity contribution >= 4 is 32.6 Å². The van der Waals surface area contributed by atoms with E-state index >= 15 is 0 Å². The van der Waals surface area contributed by atoms with E-state index in [1.165, 1.54) is 11.0 Å². The van der Waals surface area contributed by atoms with Crippen LogP contribution in [0.25, 0.3) is 10.2 Å². The van der Waals surface area contributed by atoms with Crippen LogP contribution in [0.15, 0.2) is 97.3 Å². The minimum absolute atomic E-state index is 0.0429. The predicted octanol–water partition coefficient (Wildman–Crippen LogP) is 6.33. The van der Waals surface area contributed by atoms with Crippen LogP contribution in [0.1, 0.15) is 22.6 Å². The number of anilines is 1. The van der Waals surface area contributed by atoms with Crippen LogP contribution in [0.2, 0.25) is 0 Å². The quantitative estimate of drug-likeness (QED) is 0.291. The SMILES string of the molecule is O=C(C(c1ccccc1)c1ccccc1)N(Cc1cccnc1)c1nc2c(F)cc(F)cc2s1. The highest BCUT2D eigenvalue weighted by molar-refractivity contribution is 7.22. The van der Waals surface area contributed by atoms with Gasteiger partial charge in [0, 0.05) is 18.5 Å². The lowest BCUT2D eigenvalue weighted by Gasteiger charge is -2.26. The van der Waals surface area contributed by atoms with Gasteiger partial charge >= 0.3 is 0 Å². The standard InChI is InChI=1S/C27H19F2N3OS/c28-21-14-22(29)25-23(15-21)34-27(31-25)32(17-18-8-7-13-30-16-18)26(33)24(19-9-3-1-4-10-19)20-11-5-2-6-12-20/h1-16,24H,17H2. The van der Waals surface area contributed by atoms with Crippen molar-refractivity contribution in [2.45, 2.75) is 12.5 Å². The molecule has 3 aromatic carbocycles. The summed E-state index contributed by atoms with van der Waals surface area (Å²) >= 11 is 1.08. The Labute approximate surface area is 199 Å². The summed E-state index contributed by atoms with van der Waals surface area (Å²) in [7, 11) is 0. The lowest BCUT2D eigenvalue weighted by atomic mass is 9.90. The number of halogens is 2. The van der Waals surface area contributed by atoms with Crippen LogP contribution in [0.3, 0.4) is 0 Å². The Morgan fingerprint density at radius 1 is 0.912 bits per heavy atom. The van der Waals surface area contributed by atoms with Crippen LogP contribution in [0.4, 0.5) is 13.9 Å². The van der Waals surface area contributed by atoms with Crippen LogP contribution < -0.4 is 4.90 Å². The molecule has 2 heterocycles. The molecule has 0 unspecified atom stereocenters. The van der Waals surface area contributed by atoms with Gasteiger partial charge in [0.1, 0.15) is 11.3 Å². The molecule has 2 aromatic heterocycles. The maximum atomic E-state index is 14.4. The van der Waals surface area contributed by atoms with Gasteiger partial charge in [-0.15, -0.1) is 0 Å². The van der Waals surface area contributed by atoms with Crippen LogP contribution in [0, 0.1) is 11.6 Å². The van der Waals surface area contributed by atoms with Gasteiger partial charge in [-0.25, -0.2) is 13.8 Å². The van der Waals surface area contributed by atoms with Crippen LogP contribution in [0.5, 0.6) is 0 Å². The van der Waals surface area contributed by atoms with Crippen molar-refractivity contribution in [1.29, 1.82) is 0 Å². The first kappa shape index (κ1) is 21.9. The number of hydrogen-bond donors (Lipinski definition) is 0. The van der Waals surface area contributed by atoms with Crippen molar-refractivity contribution in [2.75, 3.05) is 4.90 Å². The van der Waals surface area contributed by atoms with Gasteiger partial charge in [-0.3, -0.25) is 14.7 Å². The van der Waals surface area contributed by atoms with Gasteiger partial charge in [0.15, 0.2) is 10.9 Å². The highest BCUT2D eigenvalue weighted by atomic mass is 32.1. The van der Waals surface area contributed by atoms with E-state index in [1.807, 2.05) is 66.7 Å². The molecule has 4 nitrogen and oxygen atoms in total. The van der Waals surface area contributed by atoms with Crippen molar-refractivity contribution in [3.63, 3.8) is 0 Å². The molecule has 0 aliphatic carbocycles. The maximum absolute atomic E-state index is 14.4. The molecule has 0 radical (unpaired) electrons. The van der Waals surface area contributed by atoms with E-state index in [-0.39, 0.29) is 18.0 Å². The summed E-state index contributed by atoms with van der Waals surface area (Å²) in [5.41, 5.74) is 2.49. The van der Waals surface area contributed by atoms with Gasteiger partial charge < -0.3 is 0 Å². The number of nitrogens with zero attached hydrogens (tertiary/aromatic N) is 3. The zero-order valence-electron chi connectivity index (χ0n) is 17.9. The van der Waals surface area contributed by atoms with Gasteiger partial charge in [-0.1, -0.05) is 78.1 Å². The first-order valence-electron chi connectivity index (χ1n) is 10.7. The van der Waals surface area contributed by atoms with Gasteiger partial charge in [-0.2, -0.15) is 0 Å². The van der Waals surface area contributed by atoms with Crippen molar-refractivity contribution < 1.29 is 13.6 Å². The van der Waals surface area contributed by atoms with E-state index in [0.717, 1.165) is 34.1 Å². The molecule has 0 N–H and O–H groups in total. The number of benzene rings is 3. The minimum Gasteiger partial charge on any atom is -0.283 e. The Bertz CT molecular complexity index is 1390. The molecule has 0 aliphatic heterocycles. The Morgan fingerprint density at radius 2 is 1.59 bits per heavy atom. The van der Waals surface area contributed by atoms with Crippen LogP contribution >= 0.6 is 11.3 Å². The first-order chi connectivity index (χ1) is 16.6. The highest BCUT2D eigenvalue weighted by Gasteiger charge is 2.30. The van der Waals surface area contributed by atoms with Crippen molar-refractivity contribution in [3.05, 3.63) is 126 Å². The zero-order valence-corrected chi connectivity index (χ0v) is 18.8. The maximum Gasteiger partial charge on any atom is 0.241 e. The number of aromatic nitrogens is 2. The molecule has 0 bridgehead atoms. The van der Waals surface area contributed by atoms with Gasteiger partial charge in [0.2, 0.25) is 5.91 Å². The molecule has 0 saturated heterocycles. The molecule has 34 heavy (non-hydrogen) atoms. The molecule has 0 saturated carbocycles. The Morgan fingerprint density at radius 3 is 2.21 bits per heavy atom. The number of amides is 1. The Balaban J connectivity index is 1.64. The third kappa shape index (κ3) is 4.43. The second-order valence-corrected chi connectivity index (χ2v) is 8.78. The smallest absolute Gasteiger partial charge is 0.241 e. The normalized spacial score (nSPS) is 11.1. The molecular weight excluding hydrogens is 452 g/mol. The summed E-state index contributed by atoms with van der Waals surface area (Å²) < 4.78 is 28.6. The molecule has 1 amide bonds. The summed E-state index contributed by atoms with van der Waals surface area (Å²) in [5.74, 6) is -2.26. The number of carbonyl (C=O) groups is 1. The number of thiazole rings is 1. The van der Waals surface area contributed by atoms with Crippen LogP contribution in [-0.2, 0) is 11.3 Å². The average molecular weight is 472 g/mol. The number of hydrogen-bond acceptors (Lipinski definition) is 4. The summed E-state index contributed by atoms with van der Waals surface area (Å²) in [5, 5.41) is 0.296. The second-order valence-electron chi connectivity index (χ2n) is 7.77. The molecule has 7 heteroatoms. The summed E-state index contributed by atoms with van der Waals surface area (Å²) in [6.07, 6.45) is 3.33. The number of fused-ring (bicyclic) bond motifs is 1. The topological polar surface area (TPSA) is 46.1 Å². The predicted molar refractivity (Wildman–Crippen MR) is 130 cm³/mol. The summed E-state index contributed by atoms with van der Waals surface area (Å²) in [6, 6.07) is 24.7. The summed E-state index contributed by atoms with van der Waals surface area (Å²) in [6.45, 7) is 0.187. The van der Waals surface area contributed by atoms with E-state index in [4.69, 9.17) is 0 Å². The lowest BCUT2D eigenvalue weighted by Crippen LogP contribution is -2.35. The van der Waals surface area contributed by atoms with Gasteiger partial charge in [0.05, 0.1) is 17.2 Å². The largest absolute Gasteiger partial charge is 0.283 e. The van der Waals surface area contributed by atoms with E-state index in [0.29, 0.717) is 9.83 Å². The van der Waals surface area contributed by atoms with E-state index in [9.17, 15) is 13.6 Å². The van der Waals surface area contributed by atoms with Gasteiger partial charge in [0.25, 0.3) is 0 Å². The fourth-order valence-electron chi connectivity index (χ4n) is 3.90. The van der Waals surface area contributed by atoms with Gasteiger partial charge in [-0.05, 0) is 28.8 Å². The average Bonchev–Trinajstić information content (AvgIpc) is 3.29.